The summed E-state index contributed by atoms with van der Waals surface area (Å²) in [4.78, 5) is 14.8. The summed E-state index contributed by atoms with van der Waals surface area (Å²) in [7, 11) is 0. The van der Waals surface area contributed by atoms with Crippen LogP contribution in [0.2, 0.25) is 0 Å². The number of carbonyl (C=O) groups excluding carboxylic acids is 1. The predicted octanol–water partition coefficient (Wildman–Crippen LogP) is 2.50. The summed E-state index contributed by atoms with van der Waals surface area (Å²) in [6.45, 7) is 3.13. The molecule has 3 fully saturated rings. The third-order valence-electron chi connectivity index (χ3n) is 5.36. The molecule has 3 heterocycles. The Morgan fingerprint density at radius 3 is 2.83 bits per heavy atom. The minimum absolute atomic E-state index is 0.0877. The van der Waals surface area contributed by atoms with Crippen LogP contribution in [0.5, 0.6) is 0 Å². The lowest BCUT2D eigenvalue weighted by atomic mass is 9.95. The fourth-order valence-electron chi connectivity index (χ4n) is 3.62. The molecular weight excluding hydrogens is 310 g/mol. The lowest BCUT2D eigenvalue weighted by Gasteiger charge is -2.35. The zero-order valence-corrected chi connectivity index (χ0v) is 14.3. The molecule has 0 spiro atoms. The molecule has 2 aliphatic heterocycles. The van der Waals surface area contributed by atoms with Crippen molar-refractivity contribution >= 4 is 17.7 Å². The normalized spacial score (nSPS) is 26.5. The average Bonchev–Trinajstić information content (AvgIpc) is 3.10. The quantitative estimate of drug-likeness (QED) is 0.896. The number of rotatable bonds is 5. The minimum atomic E-state index is -0.0877. The molecule has 1 saturated carbocycles. The van der Waals surface area contributed by atoms with Gasteiger partial charge in [-0.2, -0.15) is 11.8 Å². The third-order valence-corrected chi connectivity index (χ3v) is 6.51. The highest BCUT2D eigenvalue weighted by atomic mass is 32.2. The topological polar surface area (TPSA) is 58.4 Å². The molecule has 1 amide bonds. The van der Waals surface area contributed by atoms with Crippen LogP contribution < -0.4 is 5.32 Å². The second kappa shape index (κ2) is 6.85. The zero-order chi connectivity index (χ0) is 15.6. The Balaban J connectivity index is 1.21. The van der Waals surface area contributed by atoms with Gasteiger partial charge in [-0.25, -0.2) is 0 Å². The molecule has 4 rings (SSSR count). The van der Waals surface area contributed by atoms with Gasteiger partial charge in [0.1, 0.15) is 5.76 Å². The Morgan fingerprint density at radius 1 is 1.30 bits per heavy atom. The van der Waals surface area contributed by atoms with E-state index in [4.69, 9.17) is 4.52 Å². The molecule has 3 aliphatic rings. The van der Waals surface area contributed by atoms with Gasteiger partial charge in [-0.1, -0.05) is 5.16 Å². The standard InChI is InChI=1S/C17H25N3O2S/c21-17(15-9-16(22-19-15)13-1-2-13)18-10-12-3-6-20(7-4-12)14-5-8-23-11-14/h9,12-14H,1-8,10-11H2,(H,18,21)/t14-/m1/s1. The van der Waals surface area contributed by atoms with Crippen LogP contribution in [0, 0.1) is 5.92 Å². The molecule has 1 aromatic rings. The van der Waals surface area contributed by atoms with Gasteiger partial charge in [-0.05, 0) is 56.9 Å². The summed E-state index contributed by atoms with van der Waals surface area (Å²) in [6.07, 6.45) is 6.05. The molecule has 23 heavy (non-hydrogen) atoms. The van der Waals surface area contributed by atoms with Crippen molar-refractivity contribution in [1.29, 1.82) is 0 Å². The summed E-state index contributed by atoms with van der Waals surface area (Å²) in [5.41, 5.74) is 0.437. The molecule has 0 radical (unpaired) electrons. The summed E-state index contributed by atoms with van der Waals surface area (Å²) in [5.74, 6) is 4.51. The number of carbonyl (C=O) groups is 1. The Labute approximate surface area is 141 Å². The molecular formula is C17H25N3O2S. The van der Waals surface area contributed by atoms with Gasteiger partial charge >= 0.3 is 0 Å². The number of hydrogen-bond donors (Lipinski definition) is 1. The molecule has 5 nitrogen and oxygen atoms in total. The summed E-state index contributed by atoms with van der Waals surface area (Å²) in [6, 6.07) is 2.61. The smallest absolute Gasteiger partial charge is 0.273 e. The van der Waals surface area contributed by atoms with Gasteiger partial charge in [-0.3, -0.25) is 9.69 Å². The van der Waals surface area contributed by atoms with Gasteiger partial charge in [0.15, 0.2) is 5.69 Å². The van der Waals surface area contributed by atoms with E-state index in [0.29, 0.717) is 17.5 Å². The largest absolute Gasteiger partial charge is 0.360 e. The van der Waals surface area contributed by atoms with Gasteiger partial charge in [0.05, 0.1) is 0 Å². The maximum atomic E-state index is 12.2. The van der Waals surface area contributed by atoms with E-state index in [-0.39, 0.29) is 5.91 Å². The third kappa shape index (κ3) is 3.74. The van der Waals surface area contributed by atoms with Crippen molar-refractivity contribution in [2.45, 2.75) is 44.1 Å². The van der Waals surface area contributed by atoms with Crippen molar-refractivity contribution in [3.8, 4) is 0 Å². The molecule has 1 aliphatic carbocycles. The number of nitrogens with one attached hydrogen (secondary N) is 1. The molecule has 0 bridgehead atoms. The molecule has 0 aromatic carbocycles. The van der Waals surface area contributed by atoms with Crippen LogP contribution in [0.1, 0.15) is 54.3 Å². The van der Waals surface area contributed by atoms with Crippen LogP contribution >= 0.6 is 11.8 Å². The number of nitrogens with zero attached hydrogens (tertiary/aromatic N) is 2. The molecule has 1 atom stereocenters. The highest BCUT2D eigenvalue weighted by molar-refractivity contribution is 7.99. The van der Waals surface area contributed by atoms with Gasteiger partial charge in [0.2, 0.25) is 0 Å². The maximum absolute atomic E-state index is 12.2. The first-order chi connectivity index (χ1) is 11.3. The lowest BCUT2D eigenvalue weighted by Crippen LogP contribution is -2.43. The Hall–Kier alpha value is -1.01. The Bertz CT molecular complexity index is 544. The van der Waals surface area contributed by atoms with Crippen LogP contribution in [0.25, 0.3) is 0 Å². The van der Waals surface area contributed by atoms with E-state index in [1.165, 1.54) is 43.9 Å². The van der Waals surface area contributed by atoms with Gasteiger partial charge in [-0.15, -0.1) is 0 Å². The molecule has 6 heteroatoms. The van der Waals surface area contributed by atoms with E-state index in [2.05, 4.69) is 27.1 Å². The van der Waals surface area contributed by atoms with Crippen LogP contribution in [-0.4, -0.2) is 53.1 Å². The summed E-state index contributed by atoms with van der Waals surface area (Å²) in [5, 5.41) is 6.95. The summed E-state index contributed by atoms with van der Waals surface area (Å²) < 4.78 is 5.25. The number of likely N-dealkylation sites (tertiary alicyclic amines) is 1. The molecule has 126 valence electrons. The second-order valence-electron chi connectivity index (χ2n) is 7.10. The van der Waals surface area contributed by atoms with E-state index in [1.54, 1.807) is 0 Å². The first-order valence-electron chi connectivity index (χ1n) is 8.86. The molecule has 0 unspecified atom stereocenters. The first kappa shape index (κ1) is 15.5. The van der Waals surface area contributed by atoms with Gasteiger partial charge in [0.25, 0.3) is 5.91 Å². The van der Waals surface area contributed by atoms with Crippen molar-refractivity contribution in [2.24, 2.45) is 5.92 Å². The van der Waals surface area contributed by atoms with Crippen molar-refractivity contribution < 1.29 is 9.32 Å². The summed E-state index contributed by atoms with van der Waals surface area (Å²) >= 11 is 2.08. The molecule has 2 saturated heterocycles. The van der Waals surface area contributed by atoms with Crippen LogP contribution in [0.3, 0.4) is 0 Å². The lowest BCUT2D eigenvalue weighted by molar-refractivity contribution is 0.0919. The highest BCUT2D eigenvalue weighted by Crippen LogP contribution is 2.40. The fourth-order valence-corrected chi connectivity index (χ4v) is 4.87. The molecule has 1 N–H and O–H groups in total. The Morgan fingerprint density at radius 2 is 2.13 bits per heavy atom. The van der Waals surface area contributed by atoms with Gasteiger partial charge in [0, 0.05) is 30.3 Å². The minimum Gasteiger partial charge on any atom is -0.360 e. The number of aromatic nitrogens is 1. The van der Waals surface area contributed by atoms with Crippen LogP contribution in [0.4, 0.5) is 0 Å². The fraction of sp³-hybridized carbons (Fsp3) is 0.765. The average molecular weight is 335 g/mol. The highest BCUT2D eigenvalue weighted by Gasteiger charge is 2.30. The van der Waals surface area contributed by atoms with Crippen molar-refractivity contribution in [2.75, 3.05) is 31.1 Å². The monoisotopic (exact) mass is 335 g/mol. The van der Waals surface area contributed by atoms with Crippen molar-refractivity contribution in [1.82, 2.24) is 15.4 Å². The predicted molar refractivity (Wildman–Crippen MR) is 90.8 cm³/mol. The van der Waals surface area contributed by atoms with Crippen LogP contribution in [0.15, 0.2) is 10.6 Å². The Kier molecular flexibility index (Phi) is 4.62. The van der Waals surface area contributed by atoms with E-state index >= 15 is 0 Å². The number of hydrogen-bond acceptors (Lipinski definition) is 5. The van der Waals surface area contributed by atoms with E-state index in [0.717, 1.165) is 31.2 Å². The SMILES string of the molecule is O=C(NCC1CCN([C@@H]2CCSC2)CC1)c1cc(C2CC2)on1. The van der Waals surface area contributed by atoms with E-state index < -0.39 is 0 Å². The van der Waals surface area contributed by atoms with E-state index in [1.807, 2.05) is 6.07 Å². The maximum Gasteiger partial charge on any atom is 0.273 e. The van der Waals surface area contributed by atoms with E-state index in [9.17, 15) is 4.79 Å². The number of thioether (sulfide) groups is 1. The van der Waals surface area contributed by atoms with Crippen LogP contribution in [-0.2, 0) is 0 Å². The van der Waals surface area contributed by atoms with Gasteiger partial charge < -0.3 is 9.84 Å². The first-order valence-corrected chi connectivity index (χ1v) is 10.0. The number of amides is 1. The second-order valence-corrected chi connectivity index (χ2v) is 8.25. The van der Waals surface area contributed by atoms with Crippen molar-refractivity contribution in [3.63, 3.8) is 0 Å². The number of piperidine rings is 1. The zero-order valence-electron chi connectivity index (χ0n) is 13.5. The molecule has 1 aromatic heterocycles. The van der Waals surface area contributed by atoms with Crippen molar-refractivity contribution in [3.05, 3.63) is 17.5 Å².